The molecule has 1 atom stereocenters. The molecule has 23 heavy (non-hydrogen) atoms. The summed E-state index contributed by atoms with van der Waals surface area (Å²) < 4.78 is 23.7. The van der Waals surface area contributed by atoms with Crippen LogP contribution in [-0.2, 0) is 18.9 Å². The first kappa shape index (κ1) is 17.6. The fraction of sp³-hybridized carbons (Fsp3) is 1.00. The molecular formula is C18H33NO4. The Hall–Kier alpha value is -0.200. The molecule has 0 radical (unpaired) electrons. The summed E-state index contributed by atoms with van der Waals surface area (Å²) in [5.41, 5.74) is 0.0301. The summed E-state index contributed by atoms with van der Waals surface area (Å²) in [6.07, 6.45) is 2.10. The monoisotopic (exact) mass is 327 g/mol. The number of hydrogen-bond acceptors (Lipinski definition) is 5. The van der Waals surface area contributed by atoms with E-state index in [-0.39, 0.29) is 16.5 Å². The van der Waals surface area contributed by atoms with Crippen molar-refractivity contribution in [1.29, 1.82) is 0 Å². The van der Waals surface area contributed by atoms with Gasteiger partial charge in [-0.05, 0) is 34.7 Å². The Balaban J connectivity index is 1.60. The zero-order valence-electron chi connectivity index (χ0n) is 15.6. The van der Waals surface area contributed by atoms with Crippen LogP contribution in [0.3, 0.4) is 0 Å². The van der Waals surface area contributed by atoms with Gasteiger partial charge in [-0.1, -0.05) is 6.92 Å². The maximum Gasteiger partial charge on any atom is 0.171 e. The second kappa shape index (κ2) is 5.67. The van der Waals surface area contributed by atoms with Crippen LogP contribution in [0.4, 0.5) is 0 Å². The maximum atomic E-state index is 6.35. The Morgan fingerprint density at radius 3 is 2.00 bits per heavy atom. The van der Waals surface area contributed by atoms with E-state index >= 15 is 0 Å². The minimum Gasteiger partial charge on any atom is -0.378 e. The van der Waals surface area contributed by atoms with E-state index in [0.29, 0.717) is 32.5 Å². The standard InChI is InChI=1S/C18H33NO4/c1-15(2)9-18(10-16(3,4)19(15)6)22-12-17(5,13-23-18)11-20-7-14-8-21-14/h14H,7-13H2,1-6H3. The van der Waals surface area contributed by atoms with E-state index in [1.165, 1.54) is 0 Å². The van der Waals surface area contributed by atoms with Crippen molar-refractivity contribution >= 4 is 0 Å². The SMILES string of the molecule is CN1C(C)(C)CC2(CC1(C)C)OCC(C)(COCC1CO1)CO2. The molecule has 0 aromatic rings. The third-order valence-corrected chi connectivity index (χ3v) is 5.74. The molecule has 3 aliphatic rings. The summed E-state index contributed by atoms with van der Waals surface area (Å²) in [5, 5.41) is 0. The van der Waals surface area contributed by atoms with Gasteiger partial charge in [0.2, 0.25) is 0 Å². The van der Waals surface area contributed by atoms with Crippen LogP contribution in [0, 0.1) is 5.41 Å². The molecule has 3 fully saturated rings. The molecule has 1 spiro atoms. The molecule has 0 bridgehead atoms. The lowest BCUT2D eigenvalue weighted by atomic mass is 9.75. The first-order valence-corrected chi connectivity index (χ1v) is 8.77. The molecule has 0 aromatic heterocycles. The first-order chi connectivity index (χ1) is 10.6. The zero-order chi connectivity index (χ0) is 16.9. The Morgan fingerprint density at radius 1 is 1.00 bits per heavy atom. The third kappa shape index (κ3) is 3.74. The summed E-state index contributed by atoms with van der Waals surface area (Å²) in [5.74, 6) is -0.460. The Labute approximate surface area is 140 Å². The summed E-state index contributed by atoms with van der Waals surface area (Å²) in [6, 6.07) is 0. The van der Waals surface area contributed by atoms with Gasteiger partial charge < -0.3 is 18.9 Å². The maximum absolute atomic E-state index is 6.35. The summed E-state index contributed by atoms with van der Waals surface area (Å²) in [7, 11) is 2.20. The highest BCUT2D eigenvalue weighted by atomic mass is 16.7. The molecule has 0 N–H and O–H groups in total. The van der Waals surface area contributed by atoms with Gasteiger partial charge in [-0.25, -0.2) is 0 Å². The van der Waals surface area contributed by atoms with Gasteiger partial charge >= 0.3 is 0 Å². The predicted molar refractivity (Wildman–Crippen MR) is 88.5 cm³/mol. The van der Waals surface area contributed by atoms with Gasteiger partial charge in [0.1, 0.15) is 6.10 Å². The second-order valence-electron chi connectivity index (χ2n) is 9.31. The number of piperidine rings is 1. The minimum atomic E-state index is -0.460. The quantitative estimate of drug-likeness (QED) is 0.742. The van der Waals surface area contributed by atoms with E-state index in [9.17, 15) is 0 Å². The zero-order valence-corrected chi connectivity index (χ0v) is 15.6. The largest absolute Gasteiger partial charge is 0.378 e. The van der Waals surface area contributed by atoms with Crippen LogP contribution >= 0.6 is 0 Å². The number of likely N-dealkylation sites (tertiary alicyclic amines) is 1. The van der Waals surface area contributed by atoms with Gasteiger partial charge in [0, 0.05) is 29.3 Å². The van der Waals surface area contributed by atoms with Gasteiger partial charge in [0.15, 0.2) is 5.79 Å². The Morgan fingerprint density at radius 2 is 1.52 bits per heavy atom. The third-order valence-electron chi connectivity index (χ3n) is 5.74. The molecule has 3 rings (SSSR count). The van der Waals surface area contributed by atoms with Gasteiger partial charge in [-0.2, -0.15) is 0 Å². The predicted octanol–water partition coefficient (Wildman–Crippen LogP) is 2.43. The average Bonchev–Trinajstić information content (AvgIpc) is 3.24. The van der Waals surface area contributed by atoms with E-state index in [4.69, 9.17) is 18.9 Å². The van der Waals surface area contributed by atoms with E-state index < -0.39 is 5.79 Å². The highest BCUT2D eigenvalue weighted by Crippen LogP contribution is 2.47. The van der Waals surface area contributed by atoms with Crippen molar-refractivity contribution in [2.24, 2.45) is 5.41 Å². The molecular weight excluding hydrogens is 294 g/mol. The van der Waals surface area contributed by atoms with Crippen LogP contribution in [0.15, 0.2) is 0 Å². The van der Waals surface area contributed by atoms with Gasteiger partial charge in [-0.3, -0.25) is 4.90 Å². The molecule has 0 aromatic carbocycles. The van der Waals surface area contributed by atoms with Crippen LogP contribution in [0.1, 0.15) is 47.5 Å². The summed E-state index contributed by atoms with van der Waals surface area (Å²) in [4.78, 5) is 2.45. The van der Waals surface area contributed by atoms with Gasteiger partial charge in [-0.15, -0.1) is 0 Å². The molecule has 0 aliphatic carbocycles. The average molecular weight is 327 g/mol. The minimum absolute atomic E-state index is 0.0509. The number of ether oxygens (including phenoxy) is 4. The summed E-state index contributed by atoms with van der Waals surface area (Å²) >= 11 is 0. The van der Waals surface area contributed by atoms with E-state index in [0.717, 1.165) is 19.4 Å². The van der Waals surface area contributed by atoms with E-state index in [1.807, 2.05) is 0 Å². The van der Waals surface area contributed by atoms with Crippen LogP contribution in [0.5, 0.6) is 0 Å². The Bertz CT molecular complexity index is 416. The molecule has 0 saturated carbocycles. The van der Waals surface area contributed by atoms with E-state index in [1.54, 1.807) is 0 Å². The molecule has 5 heteroatoms. The van der Waals surface area contributed by atoms with Crippen molar-refractivity contribution in [2.45, 2.75) is 70.4 Å². The van der Waals surface area contributed by atoms with Crippen LogP contribution in [-0.4, -0.2) is 68.0 Å². The lowest BCUT2D eigenvalue weighted by molar-refractivity contribution is -0.342. The van der Waals surface area contributed by atoms with Crippen molar-refractivity contribution < 1.29 is 18.9 Å². The molecule has 3 saturated heterocycles. The lowest BCUT2D eigenvalue weighted by Crippen LogP contribution is -2.67. The van der Waals surface area contributed by atoms with Gasteiger partial charge in [0.05, 0.1) is 33.0 Å². The second-order valence-corrected chi connectivity index (χ2v) is 9.31. The van der Waals surface area contributed by atoms with Gasteiger partial charge in [0.25, 0.3) is 0 Å². The molecule has 3 aliphatic heterocycles. The highest BCUT2D eigenvalue weighted by molar-refractivity contribution is 5.04. The van der Waals surface area contributed by atoms with Crippen molar-refractivity contribution in [2.75, 3.05) is 40.1 Å². The molecule has 134 valence electrons. The molecule has 1 unspecified atom stereocenters. The lowest BCUT2D eigenvalue weighted by Gasteiger charge is -2.59. The number of epoxide rings is 1. The highest BCUT2D eigenvalue weighted by Gasteiger charge is 2.55. The van der Waals surface area contributed by atoms with Crippen molar-refractivity contribution in [3.05, 3.63) is 0 Å². The topological polar surface area (TPSA) is 43.5 Å². The normalized spacial score (nSPS) is 34.4. The molecule has 5 nitrogen and oxygen atoms in total. The fourth-order valence-electron chi connectivity index (χ4n) is 4.02. The van der Waals surface area contributed by atoms with E-state index in [2.05, 4.69) is 46.6 Å². The van der Waals surface area contributed by atoms with Crippen molar-refractivity contribution in [3.8, 4) is 0 Å². The fourth-order valence-corrected chi connectivity index (χ4v) is 4.02. The number of rotatable bonds is 4. The van der Waals surface area contributed by atoms with Crippen LogP contribution < -0.4 is 0 Å². The van der Waals surface area contributed by atoms with Crippen LogP contribution in [0.2, 0.25) is 0 Å². The molecule has 0 amide bonds. The van der Waals surface area contributed by atoms with Crippen molar-refractivity contribution in [3.63, 3.8) is 0 Å². The van der Waals surface area contributed by atoms with Crippen molar-refractivity contribution in [1.82, 2.24) is 4.90 Å². The first-order valence-electron chi connectivity index (χ1n) is 8.77. The number of nitrogens with zero attached hydrogens (tertiary/aromatic N) is 1. The van der Waals surface area contributed by atoms with Crippen LogP contribution in [0.25, 0.3) is 0 Å². The summed E-state index contributed by atoms with van der Waals surface area (Å²) in [6.45, 7) is 14.8. The molecule has 3 heterocycles. The number of hydrogen-bond donors (Lipinski definition) is 0. The smallest absolute Gasteiger partial charge is 0.171 e. The Kier molecular flexibility index (Phi) is 4.34.